The van der Waals surface area contributed by atoms with Crippen LogP contribution in [-0.2, 0) is 11.2 Å². The Kier molecular flexibility index (Phi) is 2.86. The van der Waals surface area contributed by atoms with Crippen molar-refractivity contribution in [2.24, 2.45) is 0 Å². The third-order valence-corrected chi connectivity index (χ3v) is 2.87. The summed E-state index contributed by atoms with van der Waals surface area (Å²) in [6, 6.07) is 8.48. The molecule has 15 heavy (non-hydrogen) atoms. The van der Waals surface area contributed by atoms with Gasteiger partial charge in [0.15, 0.2) is 0 Å². The van der Waals surface area contributed by atoms with Gasteiger partial charge in [-0.15, -0.1) is 0 Å². The first-order valence-corrected chi connectivity index (χ1v) is 5.32. The van der Waals surface area contributed by atoms with Crippen molar-refractivity contribution in [2.75, 3.05) is 0 Å². The number of nitrogens with one attached hydrogen (secondary N) is 1. The molecule has 1 aliphatic carbocycles. The zero-order chi connectivity index (χ0) is 10.7. The predicted molar refractivity (Wildman–Crippen MR) is 60.5 cm³/mol. The van der Waals surface area contributed by atoms with Crippen LogP contribution in [0, 0.1) is 0 Å². The molecule has 0 aliphatic heterocycles. The molecular weight excluding hydrogens is 186 g/mol. The molecule has 0 bridgehead atoms. The van der Waals surface area contributed by atoms with Crippen LogP contribution >= 0.6 is 0 Å². The van der Waals surface area contributed by atoms with Gasteiger partial charge in [0.2, 0.25) is 5.91 Å². The number of aryl methyl sites for hydroxylation is 1. The lowest BCUT2D eigenvalue weighted by Crippen LogP contribution is -2.29. The third kappa shape index (κ3) is 2.09. The van der Waals surface area contributed by atoms with Crippen molar-refractivity contribution in [3.05, 3.63) is 48.0 Å². The van der Waals surface area contributed by atoms with E-state index in [4.69, 9.17) is 0 Å². The molecule has 0 aromatic heterocycles. The molecule has 1 atom stereocenters. The molecule has 2 nitrogen and oxygen atoms in total. The lowest BCUT2D eigenvalue weighted by Gasteiger charge is -2.25. The highest BCUT2D eigenvalue weighted by atomic mass is 16.1. The van der Waals surface area contributed by atoms with E-state index >= 15 is 0 Å². The number of rotatable bonds is 2. The summed E-state index contributed by atoms with van der Waals surface area (Å²) < 4.78 is 0. The molecule has 0 fully saturated rings. The van der Waals surface area contributed by atoms with Gasteiger partial charge in [-0.05, 0) is 36.5 Å². The van der Waals surface area contributed by atoms with Gasteiger partial charge >= 0.3 is 0 Å². The Hall–Kier alpha value is -1.57. The summed E-state index contributed by atoms with van der Waals surface area (Å²) in [6.07, 6.45) is 4.61. The molecule has 2 heteroatoms. The van der Waals surface area contributed by atoms with Gasteiger partial charge in [-0.25, -0.2) is 0 Å². The van der Waals surface area contributed by atoms with Gasteiger partial charge in [-0.3, -0.25) is 4.79 Å². The van der Waals surface area contributed by atoms with Gasteiger partial charge in [0.1, 0.15) is 0 Å². The number of carbonyl (C=O) groups is 1. The van der Waals surface area contributed by atoms with E-state index < -0.39 is 0 Å². The van der Waals surface area contributed by atoms with Crippen LogP contribution in [0.3, 0.4) is 0 Å². The zero-order valence-electron chi connectivity index (χ0n) is 8.70. The molecular formula is C13H15NO. The Morgan fingerprint density at radius 3 is 3.07 bits per heavy atom. The lowest BCUT2D eigenvalue weighted by atomic mass is 9.88. The Morgan fingerprint density at radius 2 is 2.27 bits per heavy atom. The number of amides is 1. The third-order valence-electron chi connectivity index (χ3n) is 2.87. The van der Waals surface area contributed by atoms with Crippen LogP contribution in [0.2, 0.25) is 0 Å². The molecule has 1 N–H and O–H groups in total. The second kappa shape index (κ2) is 4.30. The molecule has 0 radical (unpaired) electrons. The second-order valence-corrected chi connectivity index (χ2v) is 3.86. The Balaban J connectivity index is 2.22. The van der Waals surface area contributed by atoms with E-state index in [9.17, 15) is 4.79 Å². The van der Waals surface area contributed by atoms with Crippen LogP contribution in [-0.4, -0.2) is 5.91 Å². The average Bonchev–Trinajstić information content (AvgIpc) is 2.29. The van der Waals surface area contributed by atoms with Crippen LogP contribution < -0.4 is 5.32 Å². The molecule has 0 saturated heterocycles. The largest absolute Gasteiger partial charge is 0.346 e. The van der Waals surface area contributed by atoms with Gasteiger partial charge in [-0.2, -0.15) is 0 Å². The molecule has 1 aliphatic rings. The molecule has 1 amide bonds. The van der Waals surface area contributed by atoms with Crippen LogP contribution in [0.25, 0.3) is 0 Å². The normalized spacial score (nSPS) is 19.1. The van der Waals surface area contributed by atoms with Crippen molar-refractivity contribution in [1.82, 2.24) is 5.32 Å². The molecule has 2 rings (SSSR count). The summed E-state index contributed by atoms with van der Waals surface area (Å²) in [5, 5.41) is 2.97. The summed E-state index contributed by atoms with van der Waals surface area (Å²) >= 11 is 0. The Morgan fingerprint density at radius 1 is 1.47 bits per heavy atom. The fourth-order valence-electron chi connectivity index (χ4n) is 2.13. The molecule has 0 heterocycles. The van der Waals surface area contributed by atoms with Gasteiger partial charge in [0.25, 0.3) is 0 Å². The molecule has 0 saturated carbocycles. The van der Waals surface area contributed by atoms with Crippen molar-refractivity contribution in [2.45, 2.75) is 25.3 Å². The Labute approximate surface area is 90.0 Å². The fourth-order valence-corrected chi connectivity index (χ4v) is 2.13. The van der Waals surface area contributed by atoms with Crippen LogP contribution in [0.1, 0.15) is 30.0 Å². The maximum absolute atomic E-state index is 11.3. The van der Waals surface area contributed by atoms with Crippen molar-refractivity contribution in [3.8, 4) is 0 Å². The van der Waals surface area contributed by atoms with Gasteiger partial charge < -0.3 is 5.32 Å². The highest BCUT2D eigenvalue weighted by Gasteiger charge is 2.20. The average molecular weight is 201 g/mol. The topological polar surface area (TPSA) is 29.1 Å². The quantitative estimate of drug-likeness (QED) is 0.731. The minimum Gasteiger partial charge on any atom is -0.346 e. The van der Waals surface area contributed by atoms with Gasteiger partial charge in [0, 0.05) is 0 Å². The van der Waals surface area contributed by atoms with Crippen molar-refractivity contribution >= 4 is 5.91 Å². The van der Waals surface area contributed by atoms with Crippen LogP contribution in [0.5, 0.6) is 0 Å². The first kappa shape index (κ1) is 9.97. The van der Waals surface area contributed by atoms with E-state index in [1.807, 2.05) is 6.07 Å². The molecule has 78 valence electrons. The smallest absolute Gasteiger partial charge is 0.243 e. The first-order chi connectivity index (χ1) is 7.31. The highest BCUT2D eigenvalue weighted by Crippen LogP contribution is 2.29. The number of hydrogen-bond acceptors (Lipinski definition) is 1. The predicted octanol–water partition coefficient (Wildman–Crippen LogP) is 2.37. The van der Waals surface area contributed by atoms with Crippen molar-refractivity contribution in [1.29, 1.82) is 0 Å². The maximum Gasteiger partial charge on any atom is 0.243 e. The first-order valence-electron chi connectivity index (χ1n) is 5.32. The van der Waals surface area contributed by atoms with Crippen LogP contribution in [0.15, 0.2) is 36.9 Å². The summed E-state index contributed by atoms with van der Waals surface area (Å²) in [5.74, 6) is -0.0864. The fraction of sp³-hybridized carbons (Fsp3) is 0.308. The number of hydrogen-bond donors (Lipinski definition) is 1. The highest BCUT2D eigenvalue weighted by molar-refractivity contribution is 5.87. The van der Waals surface area contributed by atoms with Gasteiger partial charge in [-0.1, -0.05) is 30.8 Å². The monoisotopic (exact) mass is 201 g/mol. The number of fused-ring (bicyclic) bond motifs is 1. The number of benzene rings is 1. The zero-order valence-corrected chi connectivity index (χ0v) is 8.70. The standard InChI is InChI=1S/C13H15NO/c1-2-13(15)14-12-9-5-7-10-6-3-4-8-11(10)12/h2-4,6,8,12H,1,5,7,9H2,(H,14,15). The van der Waals surface area contributed by atoms with E-state index in [-0.39, 0.29) is 11.9 Å². The van der Waals surface area contributed by atoms with E-state index in [0.717, 1.165) is 19.3 Å². The maximum atomic E-state index is 11.3. The molecule has 1 unspecified atom stereocenters. The van der Waals surface area contributed by atoms with Crippen molar-refractivity contribution < 1.29 is 4.79 Å². The van der Waals surface area contributed by atoms with Crippen LogP contribution in [0.4, 0.5) is 0 Å². The minimum atomic E-state index is -0.0864. The minimum absolute atomic E-state index is 0.0864. The second-order valence-electron chi connectivity index (χ2n) is 3.86. The van der Waals surface area contributed by atoms with E-state index in [1.54, 1.807) is 0 Å². The van der Waals surface area contributed by atoms with E-state index in [2.05, 4.69) is 30.1 Å². The summed E-state index contributed by atoms with van der Waals surface area (Å²) in [5.41, 5.74) is 2.62. The summed E-state index contributed by atoms with van der Waals surface area (Å²) in [4.78, 5) is 11.3. The Bertz CT molecular complexity index is 384. The molecule has 1 aromatic rings. The SMILES string of the molecule is C=CC(=O)NC1CCCc2ccccc21. The molecule has 0 spiro atoms. The summed E-state index contributed by atoms with van der Waals surface area (Å²) in [6.45, 7) is 3.47. The lowest BCUT2D eigenvalue weighted by molar-refractivity contribution is -0.117. The summed E-state index contributed by atoms with van der Waals surface area (Å²) in [7, 11) is 0. The van der Waals surface area contributed by atoms with Gasteiger partial charge in [0.05, 0.1) is 6.04 Å². The number of carbonyl (C=O) groups excluding carboxylic acids is 1. The van der Waals surface area contributed by atoms with E-state index in [1.165, 1.54) is 17.2 Å². The van der Waals surface area contributed by atoms with Crippen molar-refractivity contribution in [3.63, 3.8) is 0 Å². The van der Waals surface area contributed by atoms with E-state index in [0.29, 0.717) is 0 Å². The molecule has 1 aromatic carbocycles.